The number of piperidine rings is 1. The Morgan fingerprint density at radius 3 is 2.41 bits per heavy atom. The van der Waals surface area contributed by atoms with E-state index in [9.17, 15) is 0 Å². The monoisotopic (exact) mass is 392 g/mol. The standard InChI is InChI=1S/C24H32N4O/c1-25-24(26-18-19-8-5-6-13-23(19)29-22-11-7-12-22)27-20-14-16-28(17-15-20)21-9-3-2-4-10-21/h2-6,8-10,13,20,22H,7,11-12,14-18H2,1H3,(H2,25,26,27). The first-order valence-corrected chi connectivity index (χ1v) is 10.8. The van der Waals surface area contributed by atoms with Crippen LogP contribution in [0.2, 0.25) is 0 Å². The third kappa shape index (κ3) is 5.22. The first-order valence-electron chi connectivity index (χ1n) is 10.8. The fraction of sp³-hybridized carbons (Fsp3) is 0.458. The van der Waals surface area contributed by atoms with E-state index < -0.39 is 0 Å². The average Bonchev–Trinajstić information content (AvgIpc) is 2.75. The molecule has 0 aromatic heterocycles. The van der Waals surface area contributed by atoms with Gasteiger partial charge in [-0.1, -0.05) is 36.4 Å². The van der Waals surface area contributed by atoms with Crippen molar-refractivity contribution in [1.82, 2.24) is 10.6 Å². The van der Waals surface area contributed by atoms with Gasteiger partial charge in [0.15, 0.2) is 5.96 Å². The van der Waals surface area contributed by atoms with Crippen molar-refractivity contribution < 1.29 is 4.74 Å². The number of ether oxygens (including phenoxy) is 1. The first-order chi connectivity index (χ1) is 14.3. The molecule has 29 heavy (non-hydrogen) atoms. The van der Waals surface area contributed by atoms with Gasteiger partial charge in [0.2, 0.25) is 0 Å². The van der Waals surface area contributed by atoms with Crippen LogP contribution < -0.4 is 20.3 Å². The summed E-state index contributed by atoms with van der Waals surface area (Å²) in [6, 6.07) is 19.4. The zero-order chi connectivity index (χ0) is 19.9. The van der Waals surface area contributed by atoms with E-state index in [0.29, 0.717) is 18.7 Å². The van der Waals surface area contributed by atoms with Gasteiger partial charge in [0.25, 0.3) is 0 Å². The number of hydrogen-bond donors (Lipinski definition) is 2. The summed E-state index contributed by atoms with van der Waals surface area (Å²) in [6.45, 7) is 2.85. The highest BCUT2D eigenvalue weighted by Gasteiger charge is 2.21. The second-order valence-corrected chi connectivity index (χ2v) is 7.95. The Labute approximate surface area is 174 Å². The molecule has 5 nitrogen and oxygen atoms in total. The molecule has 1 aliphatic heterocycles. The molecule has 1 saturated carbocycles. The lowest BCUT2D eigenvalue weighted by molar-refractivity contribution is 0.119. The molecule has 0 radical (unpaired) electrons. The Hall–Kier alpha value is -2.69. The maximum absolute atomic E-state index is 6.15. The van der Waals surface area contributed by atoms with Crippen LogP contribution in [0, 0.1) is 0 Å². The molecule has 1 heterocycles. The maximum Gasteiger partial charge on any atom is 0.191 e. The van der Waals surface area contributed by atoms with Gasteiger partial charge in [0, 0.05) is 44.0 Å². The van der Waals surface area contributed by atoms with Crippen LogP contribution in [0.1, 0.15) is 37.7 Å². The molecule has 0 spiro atoms. The molecule has 2 aliphatic rings. The minimum Gasteiger partial charge on any atom is -0.490 e. The second-order valence-electron chi connectivity index (χ2n) is 7.95. The van der Waals surface area contributed by atoms with Gasteiger partial charge in [-0.15, -0.1) is 0 Å². The smallest absolute Gasteiger partial charge is 0.191 e. The molecule has 1 aliphatic carbocycles. The lowest BCUT2D eigenvalue weighted by Gasteiger charge is -2.34. The van der Waals surface area contributed by atoms with E-state index in [4.69, 9.17) is 4.74 Å². The number of nitrogens with zero attached hydrogens (tertiary/aromatic N) is 2. The summed E-state index contributed by atoms with van der Waals surface area (Å²) in [5.41, 5.74) is 2.50. The van der Waals surface area contributed by atoms with Crippen molar-refractivity contribution in [3.8, 4) is 5.75 Å². The number of rotatable bonds is 6. The third-order valence-electron chi connectivity index (χ3n) is 5.95. The summed E-state index contributed by atoms with van der Waals surface area (Å²) in [5.74, 6) is 1.86. The second kappa shape index (κ2) is 9.68. The molecule has 2 aromatic rings. The summed E-state index contributed by atoms with van der Waals surface area (Å²) in [6.07, 6.45) is 6.24. The summed E-state index contributed by atoms with van der Waals surface area (Å²) < 4.78 is 6.15. The normalized spacial score (nSPS) is 18.2. The molecule has 0 atom stereocenters. The number of nitrogens with one attached hydrogen (secondary N) is 2. The number of anilines is 1. The fourth-order valence-electron chi connectivity index (χ4n) is 3.92. The van der Waals surface area contributed by atoms with Crippen LogP contribution in [-0.2, 0) is 6.54 Å². The van der Waals surface area contributed by atoms with E-state index in [1.54, 1.807) is 0 Å². The number of aliphatic imine (C=N–C) groups is 1. The van der Waals surface area contributed by atoms with Crippen molar-refractivity contribution in [3.63, 3.8) is 0 Å². The van der Waals surface area contributed by atoms with E-state index in [1.807, 2.05) is 13.1 Å². The van der Waals surface area contributed by atoms with Crippen LogP contribution in [0.25, 0.3) is 0 Å². The van der Waals surface area contributed by atoms with Gasteiger partial charge in [-0.05, 0) is 50.3 Å². The number of para-hydroxylation sites is 2. The van der Waals surface area contributed by atoms with Crippen LogP contribution in [0.3, 0.4) is 0 Å². The van der Waals surface area contributed by atoms with E-state index in [1.165, 1.54) is 30.5 Å². The van der Waals surface area contributed by atoms with E-state index >= 15 is 0 Å². The molecule has 154 valence electrons. The Morgan fingerprint density at radius 2 is 1.72 bits per heavy atom. The van der Waals surface area contributed by atoms with Gasteiger partial charge in [0.05, 0.1) is 6.10 Å². The largest absolute Gasteiger partial charge is 0.490 e. The van der Waals surface area contributed by atoms with Crippen molar-refractivity contribution in [2.75, 3.05) is 25.0 Å². The number of guanidine groups is 1. The van der Waals surface area contributed by atoms with Crippen molar-refractivity contribution in [2.24, 2.45) is 4.99 Å². The van der Waals surface area contributed by atoms with E-state index in [0.717, 1.165) is 37.6 Å². The van der Waals surface area contributed by atoms with Crippen molar-refractivity contribution in [2.45, 2.75) is 50.8 Å². The molecular weight excluding hydrogens is 360 g/mol. The average molecular weight is 393 g/mol. The predicted octanol–water partition coefficient (Wildman–Crippen LogP) is 3.95. The van der Waals surface area contributed by atoms with Gasteiger partial charge in [-0.3, -0.25) is 4.99 Å². The van der Waals surface area contributed by atoms with Crippen molar-refractivity contribution >= 4 is 11.6 Å². The van der Waals surface area contributed by atoms with Crippen molar-refractivity contribution in [3.05, 3.63) is 60.2 Å². The highest BCUT2D eigenvalue weighted by Crippen LogP contribution is 2.27. The molecule has 2 aromatic carbocycles. The minimum absolute atomic E-state index is 0.392. The highest BCUT2D eigenvalue weighted by molar-refractivity contribution is 5.80. The maximum atomic E-state index is 6.15. The van der Waals surface area contributed by atoms with Crippen LogP contribution >= 0.6 is 0 Å². The lowest BCUT2D eigenvalue weighted by atomic mass is 9.96. The van der Waals surface area contributed by atoms with Crippen LogP contribution in [-0.4, -0.2) is 38.2 Å². The topological polar surface area (TPSA) is 48.9 Å². The molecule has 2 N–H and O–H groups in total. The summed E-state index contributed by atoms with van der Waals surface area (Å²) in [5, 5.41) is 7.07. The van der Waals surface area contributed by atoms with Crippen LogP contribution in [0.4, 0.5) is 5.69 Å². The summed E-state index contributed by atoms with van der Waals surface area (Å²) in [4.78, 5) is 6.89. The molecular formula is C24H32N4O. The molecule has 1 saturated heterocycles. The Kier molecular flexibility index (Phi) is 6.55. The summed E-state index contributed by atoms with van der Waals surface area (Å²) >= 11 is 0. The highest BCUT2D eigenvalue weighted by atomic mass is 16.5. The van der Waals surface area contributed by atoms with Crippen LogP contribution in [0.5, 0.6) is 5.75 Å². The Bertz CT molecular complexity index is 796. The molecule has 2 fully saturated rings. The Morgan fingerprint density at radius 1 is 1.00 bits per heavy atom. The number of hydrogen-bond acceptors (Lipinski definition) is 3. The van der Waals surface area contributed by atoms with Gasteiger partial charge in [-0.2, -0.15) is 0 Å². The fourth-order valence-corrected chi connectivity index (χ4v) is 3.92. The van der Waals surface area contributed by atoms with Gasteiger partial charge in [0.1, 0.15) is 5.75 Å². The minimum atomic E-state index is 0.392. The Balaban J connectivity index is 1.26. The molecule has 0 bridgehead atoms. The van der Waals surface area contributed by atoms with Crippen molar-refractivity contribution in [1.29, 1.82) is 0 Å². The quantitative estimate of drug-likeness (QED) is 0.577. The first kappa shape index (κ1) is 19.6. The SMILES string of the molecule is CN=C(NCc1ccccc1OC1CCC1)NC1CCN(c2ccccc2)CC1. The zero-order valence-corrected chi connectivity index (χ0v) is 17.3. The molecule has 0 unspecified atom stereocenters. The molecule has 5 heteroatoms. The molecule has 4 rings (SSSR count). The van der Waals surface area contributed by atoms with E-state index in [2.05, 4.69) is 69.1 Å². The summed E-state index contributed by atoms with van der Waals surface area (Å²) in [7, 11) is 1.84. The predicted molar refractivity (Wildman–Crippen MR) is 120 cm³/mol. The third-order valence-corrected chi connectivity index (χ3v) is 5.95. The van der Waals surface area contributed by atoms with Gasteiger partial charge >= 0.3 is 0 Å². The molecule has 0 amide bonds. The van der Waals surface area contributed by atoms with Gasteiger partial charge in [-0.25, -0.2) is 0 Å². The lowest BCUT2D eigenvalue weighted by Crippen LogP contribution is -2.48. The van der Waals surface area contributed by atoms with E-state index in [-0.39, 0.29) is 0 Å². The zero-order valence-electron chi connectivity index (χ0n) is 17.3. The number of benzene rings is 2. The van der Waals surface area contributed by atoms with Gasteiger partial charge < -0.3 is 20.3 Å². The van der Waals surface area contributed by atoms with Crippen LogP contribution in [0.15, 0.2) is 59.6 Å².